The van der Waals surface area contributed by atoms with Crippen LogP contribution < -0.4 is 5.73 Å². The molecule has 0 unspecified atom stereocenters. The van der Waals surface area contributed by atoms with Gasteiger partial charge in [-0.2, -0.15) is 0 Å². The maximum Gasteiger partial charge on any atom is 0.176 e. The summed E-state index contributed by atoms with van der Waals surface area (Å²) in [4.78, 5) is 1.05. The Morgan fingerprint density at radius 3 is 2.82 bits per heavy atom. The summed E-state index contributed by atoms with van der Waals surface area (Å²) in [5.41, 5.74) is 6.77. The molecule has 1 saturated carbocycles. The molecule has 2 heterocycles. The monoisotopic (exact) mass is 248 g/mol. The molecule has 0 amide bonds. The van der Waals surface area contributed by atoms with E-state index >= 15 is 0 Å². The van der Waals surface area contributed by atoms with Gasteiger partial charge in [0, 0.05) is 6.04 Å². The fraction of sp³-hybridized carbons (Fsp3) is 0.500. The molecule has 0 bridgehead atoms. The molecule has 5 heteroatoms. The number of nitrogens with two attached hydrogens (primary N) is 1. The predicted molar refractivity (Wildman–Crippen MR) is 69.9 cm³/mol. The molecule has 4 nitrogen and oxygen atoms in total. The van der Waals surface area contributed by atoms with Crippen molar-refractivity contribution in [1.82, 2.24) is 14.8 Å². The summed E-state index contributed by atoms with van der Waals surface area (Å²) >= 11 is 1.64. The molecule has 0 radical (unpaired) electrons. The molecule has 0 atom stereocenters. The smallest absolute Gasteiger partial charge is 0.176 e. The van der Waals surface area contributed by atoms with E-state index in [1.54, 1.807) is 11.3 Å². The van der Waals surface area contributed by atoms with Crippen LogP contribution in [-0.4, -0.2) is 14.8 Å². The van der Waals surface area contributed by atoms with E-state index in [0.717, 1.165) is 16.4 Å². The lowest BCUT2D eigenvalue weighted by molar-refractivity contribution is 0.355. The van der Waals surface area contributed by atoms with Crippen LogP contribution in [0.2, 0.25) is 0 Å². The maximum atomic E-state index is 5.96. The van der Waals surface area contributed by atoms with Crippen molar-refractivity contribution in [3.05, 3.63) is 17.8 Å². The largest absolute Gasteiger partial charge is 0.397 e. The Hall–Kier alpha value is -1.36. The zero-order valence-corrected chi connectivity index (χ0v) is 10.5. The Labute approximate surface area is 104 Å². The van der Waals surface area contributed by atoms with E-state index in [0.29, 0.717) is 6.04 Å². The third-order valence-electron chi connectivity index (χ3n) is 3.44. The molecule has 0 aromatic carbocycles. The van der Waals surface area contributed by atoms with E-state index in [4.69, 9.17) is 5.73 Å². The topological polar surface area (TPSA) is 56.7 Å². The zero-order chi connectivity index (χ0) is 11.7. The summed E-state index contributed by atoms with van der Waals surface area (Å²) in [7, 11) is 0. The number of thiophene rings is 1. The summed E-state index contributed by atoms with van der Waals surface area (Å²) in [5, 5.41) is 10.3. The first-order chi connectivity index (χ1) is 8.36. The van der Waals surface area contributed by atoms with Crippen molar-refractivity contribution in [2.75, 3.05) is 5.73 Å². The van der Waals surface area contributed by atoms with Gasteiger partial charge in [-0.15, -0.1) is 21.5 Å². The molecular weight excluding hydrogens is 232 g/mol. The molecular formula is C12H16N4S. The Morgan fingerprint density at radius 2 is 2.12 bits per heavy atom. The van der Waals surface area contributed by atoms with Crippen LogP contribution in [-0.2, 0) is 0 Å². The van der Waals surface area contributed by atoms with Gasteiger partial charge in [-0.3, -0.25) is 0 Å². The lowest BCUT2D eigenvalue weighted by Gasteiger charge is -2.23. The molecule has 2 N–H and O–H groups in total. The van der Waals surface area contributed by atoms with Crippen molar-refractivity contribution in [3.8, 4) is 10.7 Å². The van der Waals surface area contributed by atoms with Crippen LogP contribution in [0, 0.1) is 0 Å². The van der Waals surface area contributed by atoms with Crippen LogP contribution in [0.1, 0.15) is 38.1 Å². The zero-order valence-electron chi connectivity index (χ0n) is 9.67. The van der Waals surface area contributed by atoms with Crippen molar-refractivity contribution in [2.45, 2.75) is 38.1 Å². The fourth-order valence-corrected chi connectivity index (χ4v) is 3.34. The Balaban J connectivity index is 1.96. The van der Waals surface area contributed by atoms with Crippen LogP contribution in [0.25, 0.3) is 10.7 Å². The molecule has 0 saturated heterocycles. The second-order valence-electron chi connectivity index (χ2n) is 4.56. The third kappa shape index (κ3) is 1.95. The minimum Gasteiger partial charge on any atom is -0.397 e. The molecule has 2 aromatic rings. The highest BCUT2D eigenvalue weighted by molar-refractivity contribution is 7.14. The summed E-state index contributed by atoms with van der Waals surface area (Å²) in [6.45, 7) is 0. The van der Waals surface area contributed by atoms with Gasteiger partial charge in [0.25, 0.3) is 0 Å². The number of hydrogen-bond acceptors (Lipinski definition) is 4. The molecule has 1 fully saturated rings. The van der Waals surface area contributed by atoms with Gasteiger partial charge < -0.3 is 10.3 Å². The number of anilines is 1. The summed E-state index contributed by atoms with van der Waals surface area (Å²) in [5.74, 6) is 0.935. The maximum absolute atomic E-state index is 5.96. The summed E-state index contributed by atoms with van der Waals surface area (Å²) < 4.78 is 2.21. The van der Waals surface area contributed by atoms with Crippen LogP contribution >= 0.6 is 11.3 Å². The van der Waals surface area contributed by atoms with Gasteiger partial charge in [0.2, 0.25) is 0 Å². The van der Waals surface area contributed by atoms with E-state index < -0.39 is 0 Å². The van der Waals surface area contributed by atoms with E-state index in [2.05, 4.69) is 14.8 Å². The molecule has 17 heavy (non-hydrogen) atoms. The van der Waals surface area contributed by atoms with Crippen molar-refractivity contribution >= 4 is 17.0 Å². The van der Waals surface area contributed by atoms with Crippen LogP contribution in [0.4, 0.5) is 5.69 Å². The second-order valence-corrected chi connectivity index (χ2v) is 5.47. The molecule has 1 aliphatic carbocycles. The van der Waals surface area contributed by atoms with Gasteiger partial charge in [-0.25, -0.2) is 0 Å². The number of hydrogen-bond donors (Lipinski definition) is 1. The van der Waals surface area contributed by atoms with E-state index in [-0.39, 0.29) is 0 Å². The SMILES string of the molecule is Nc1ccsc1-c1nncn1C1CCCCC1. The van der Waals surface area contributed by atoms with E-state index in [1.807, 2.05) is 17.8 Å². The van der Waals surface area contributed by atoms with Crippen LogP contribution in [0.15, 0.2) is 17.8 Å². The molecule has 3 rings (SSSR count). The Morgan fingerprint density at radius 1 is 1.29 bits per heavy atom. The standard InChI is InChI=1S/C12H16N4S/c13-10-6-7-17-11(10)12-15-14-8-16(12)9-4-2-1-3-5-9/h6-9H,1-5,13H2. The molecule has 2 aromatic heterocycles. The van der Waals surface area contributed by atoms with E-state index in [1.165, 1.54) is 32.1 Å². The highest BCUT2D eigenvalue weighted by Gasteiger charge is 2.20. The van der Waals surface area contributed by atoms with Crippen molar-refractivity contribution < 1.29 is 0 Å². The lowest BCUT2D eigenvalue weighted by atomic mass is 9.95. The average Bonchev–Trinajstić information content (AvgIpc) is 2.98. The van der Waals surface area contributed by atoms with Gasteiger partial charge in [-0.1, -0.05) is 19.3 Å². The first kappa shape index (κ1) is 10.8. The summed E-state index contributed by atoms with van der Waals surface area (Å²) in [6, 6.07) is 2.48. The van der Waals surface area contributed by atoms with Gasteiger partial charge in [0.15, 0.2) is 5.82 Å². The third-order valence-corrected chi connectivity index (χ3v) is 4.37. The van der Waals surface area contributed by atoms with Crippen LogP contribution in [0.3, 0.4) is 0 Å². The predicted octanol–water partition coefficient (Wildman–Crippen LogP) is 3.09. The van der Waals surface area contributed by atoms with Crippen molar-refractivity contribution in [3.63, 3.8) is 0 Å². The molecule has 90 valence electrons. The summed E-state index contributed by atoms with van der Waals surface area (Å²) in [6.07, 6.45) is 8.29. The molecule has 0 aliphatic heterocycles. The Bertz CT molecular complexity index is 496. The van der Waals surface area contributed by atoms with Gasteiger partial charge in [0.1, 0.15) is 6.33 Å². The molecule has 0 spiro atoms. The number of rotatable bonds is 2. The van der Waals surface area contributed by atoms with Gasteiger partial charge in [0.05, 0.1) is 10.6 Å². The normalized spacial score (nSPS) is 17.4. The van der Waals surface area contributed by atoms with Crippen molar-refractivity contribution in [1.29, 1.82) is 0 Å². The highest BCUT2D eigenvalue weighted by Crippen LogP contribution is 2.35. The van der Waals surface area contributed by atoms with E-state index in [9.17, 15) is 0 Å². The highest BCUT2D eigenvalue weighted by atomic mass is 32.1. The van der Waals surface area contributed by atoms with Gasteiger partial charge >= 0.3 is 0 Å². The van der Waals surface area contributed by atoms with Crippen LogP contribution in [0.5, 0.6) is 0 Å². The number of nitrogen functional groups attached to an aromatic ring is 1. The number of nitrogens with zero attached hydrogens (tertiary/aromatic N) is 3. The van der Waals surface area contributed by atoms with Gasteiger partial charge in [-0.05, 0) is 24.3 Å². The quantitative estimate of drug-likeness (QED) is 0.888. The lowest BCUT2D eigenvalue weighted by Crippen LogP contribution is -2.13. The van der Waals surface area contributed by atoms with Crippen molar-refractivity contribution in [2.24, 2.45) is 0 Å². The minimum atomic E-state index is 0.551. The fourth-order valence-electron chi connectivity index (χ4n) is 2.53. The Kier molecular flexibility index (Phi) is 2.84. The average molecular weight is 248 g/mol. The second kappa shape index (κ2) is 4.49. The number of aromatic nitrogens is 3. The molecule has 1 aliphatic rings. The minimum absolute atomic E-state index is 0.551. The first-order valence-electron chi connectivity index (χ1n) is 6.09. The first-order valence-corrected chi connectivity index (χ1v) is 6.97.